The standard InChI is InChI=1S/C22H40O7S/c1-2-3-4-5-6-7-8-9-10-11-12-13-14-15-16-17-18-29-22(25)20(19-21(23)24)30(26,27)28/h9-10,20H,2-8,11-19H2,1H3,(H,23,24)(H,26,27,28)/b10-9+. The molecule has 176 valence electrons. The SMILES string of the molecule is CCCCCCCC/C=C/CCCCCCCCOC(=O)C(CC(=O)O)S(=O)(=O)O. The Hall–Kier alpha value is -1.41. The zero-order chi connectivity index (χ0) is 22.7. The number of rotatable bonds is 20. The van der Waals surface area contributed by atoms with Crippen LogP contribution in [0.15, 0.2) is 12.2 Å². The van der Waals surface area contributed by atoms with Gasteiger partial charge in [-0.3, -0.25) is 14.1 Å². The van der Waals surface area contributed by atoms with Crippen LogP contribution in [0.25, 0.3) is 0 Å². The van der Waals surface area contributed by atoms with Crippen molar-refractivity contribution in [2.24, 2.45) is 0 Å². The van der Waals surface area contributed by atoms with Crippen molar-refractivity contribution in [1.82, 2.24) is 0 Å². The molecule has 2 N–H and O–H groups in total. The predicted octanol–water partition coefficient (Wildman–Crippen LogP) is 5.30. The third-order valence-electron chi connectivity index (χ3n) is 4.88. The van der Waals surface area contributed by atoms with Crippen molar-refractivity contribution in [3.05, 3.63) is 12.2 Å². The van der Waals surface area contributed by atoms with Gasteiger partial charge in [0.15, 0.2) is 5.25 Å². The van der Waals surface area contributed by atoms with E-state index in [9.17, 15) is 18.0 Å². The van der Waals surface area contributed by atoms with E-state index >= 15 is 0 Å². The number of unbranched alkanes of at least 4 members (excludes halogenated alkanes) is 12. The minimum absolute atomic E-state index is 0.0195. The first-order valence-corrected chi connectivity index (χ1v) is 12.8. The van der Waals surface area contributed by atoms with Crippen LogP contribution >= 0.6 is 0 Å². The lowest BCUT2D eigenvalue weighted by atomic mass is 10.1. The third kappa shape index (κ3) is 17.4. The quantitative estimate of drug-likeness (QED) is 0.112. The van der Waals surface area contributed by atoms with Crippen LogP contribution in [0, 0.1) is 0 Å². The van der Waals surface area contributed by atoms with Gasteiger partial charge in [0.05, 0.1) is 13.0 Å². The molecule has 0 fully saturated rings. The lowest BCUT2D eigenvalue weighted by Gasteiger charge is -2.11. The molecule has 0 aromatic carbocycles. The molecule has 30 heavy (non-hydrogen) atoms. The molecule has 0 rings (SSSR count). The number of allylic oxidation sites excluding steroid dienone is 2. The maximum Gasteiger partial charge on any atom is 0.327 e. The highest BCUT2D eigenvalue weighted by atomic mass is 32.2. The number of hydrogen-bond acceptors (Lipinski definition) is 5. The number of carbonyl (C=O) groups is 2. The van der Waals surface area contributed by atoms with E-state index in [4.69, 9.17) is 14.4 Å². The first kappa shape index (κ1) is 28.6. The molecule has 1 unspecified atom stereocenters. The zero-order valence-corrected chi connectivity index (χ0v) is 19.2. The van der Waals surface area contributed by atoms with Gasteiger partial charge >= 0.3 is 11.9 Å². The molecular formula is C22H40O7S. The molecule has 0 amide bonds. The molecule has 0 saturated carbocycles. The highest BCUT2D eigenvalue weighted by Crippen LogP contribution is 2.11. The maximum atomic E-state index is 11.7. The van der Waals surface area contributed by atoms with E-state index in [0.29, 0.717) is 6.42 Å². The largest absolute Gasteiger partial charge is 0.481 e. The smallest absolute Gasteiger partial charge is 0.327 e. The molecule has 0 aliphatic rings. The summed E-state index contributed by atoms with van der Waals surface area (Å²) in [6, 6.07) is 0. The van der Waals surface area contributed by atoms with Crippen molar-refractivity contribution in [1.29, 1.82) is 0 Å². The second kappa shape index (κ2) is 18.4. The predicted molar refractivity (Wildman–Crippen MR) is 118 cm³/mol. The van der Waals surface area contributed by atoms with E-state index in [0.717, 1.165) is 38.5 Å². The fourth-order valence-electron chi connectivity index (χ4n) is 3.08. The van der Waals surface area contributed by atoms with Crippen LogP contribution in [-0.4, -0.2) is 41.9 Å². The van der Waals surface area contributed by atoms with Crippen LogP contribution in [0.2, 0.25) is 0 Å². The molecule has 7 nitrogen and oxygen atoms in total. The van der Waals surface area contributed by atoms with Gasteiger partial charge in [-0.15, -0.1) is 0 Å². The summed E-state index contributed by atoms with van der Waals surface area (Å²) in [5.41, 5.74) is 0. The van der Waals surface area contributed by atoms with Gasteiger partial charge in [-0.2, -0.15) is 8.42 Å². The molecule has 0 heterocycles. The van der Waals surface area contributed by atoms with Crippen molar-refractivity contribution < 1.29 is 32.4 Å². The molecule has 0 aliphatic carbocycles. The van der Waals surface area contributed by atoms with Crippen LogP contribution in [0.3, 0.4) is 0 Å². The van der Waals surface area contributed by atoms with Crippen LogP contribution in [-0.2, 0) is 24.4 Å². The van der Waals surface area contributed by atoms with Crippen LogP contribution in [0.5, 0.6) is 0 Å². The minimum Gasteiger partial charge on any atom is -0.481 e. The third-order valence-corrected chi connectivity index (χ3v) is 5.96. The molecule has 0 radical (unpaired) electrons. The van der Waals surface area contributed by atoms with Gasteiger partial charge in [0.1, 0.15) is 0 Å². The van der Waals surface area contributed by atoms with Gasteiger partial charge in [-0.25, -0.2) is 0 Å². The number of carbonyl (C=O) groups excluding carboxylic acids is 1. The molecule has 0 saturated heterocycles. The fraction of sp³-hybridized carbons (Fsp3) is 0.818. The summed E-state index contributed by atoms with van der Waals surface area (Å²) in [7, 11) is -4.79. The number of hydrogen-bond donors (Lipinski definition) is 2. The normalized spacial score (nSPS) is 12.9. The molecule has 0 bridgehead atoms. The Balaban J connectivity index is 3.58. The number of aliphatic carboxylic acids is 1. The first-order chi connectivity index (χ1) is 14.3. The van der Waals surface area contributed by atoms with E-state index in [1.165, 1.54) is 44.9 Å². The Morgan fingerprint density at radius 3 is 1.77 bits per heavy atom. The van der Waals surface area contributed by atoms with Crippen LogP contribution < -0.4 is 0 Å². The Labute approximate surface area is 182 Å². The second-order valence-electron chi connectivity index (χ2n) is 7.71. The first-order valence-electron chi connectivity index (χ1n) is 11.3. The van der Waals surface area contributed by atoms with E-state index < -0.39 is 33.7 Å². The Kier molecular flexibility index (Phi) is 17.5. The van der Waals surface area contributed by atoms with Crippen molar-refractivity contribution in [2.45, 2.75) is 108 Å². The summed E-state index contributed by atoms with van der Waals surface area (Å²) in [5, 5.41) is 6.56. The Bertz CT molecular complexity index is 584. The molecule has 1 atom stereocenters. The molecule has 0 aromatic rings. The number of carboxylic acids is 1. The van der Waals surface area contributed by atoms with E-state index in [1.807, 2.05) is 0 Å². The highest BCUT2D eigenvalue weighted by molar-refractivity contribution is 7.87. The van der Waals surface area contributed by atoms with E-state index in [-0.39, 0.29) is 6.61 Å². The summed E-state index contributed by atoms with van der Waals surface area (Å²) in [4.78, 5) is 22.3. The average Bonchev–Trinajstić information content (AvgIpc) is 2.67. The lowest BCUT2D eigenvalue weighted by Crippen LogP contribution is -2.34. The minimum atomic E-state index is -4.79. The van der Waals surface area contributed by atoms with Gasteiger partial charge in [0.25, 0.3) is 10.1 Å². The van der Waals surface area contributed by atoms with Gasteiger partial charge in [0.2, 0.25) is 0 Å². The van der Waals surface area contributed by atoms with E-state index in [1.54, 1.807) is 0 Å². The van der Waals surface area contributed by atoms with Gasteiger partial charge in [-0.05, 0) is 32.1 Å². The molecule has 8 heteroatoms. The average molecular weight is 449 g/mol. The molecule has 0 aromatic heterocycles. The Morgan fingerprint density at radius 1 is 0.833 bits per heavy atom. The maximum absolute atomic E-state index is 11.7. The van der Waals surface area contributed by atoms with Crippen LogP contribution in [0.4, 0.5) is 0 Å². The number of carboxylic acid groups (broad SMARTS) is 1. The molecular weight excluding hydrogens is 408 g/mol. The number of ether oxygens (including phenoxy) is 1. The summed E-state index contributed by atoms with van der Waals surface area (Å²) >= 11 is 0. The van der Waals surface area contributed by atoms with Crippen molar-refractivity contribution in [3.8, 4) is 0 Å². The topological polar surface area (TPSA) is 118 Å². The summed E-state index contributed by atoms with van der Waals surface area (Å²) in [5.74, 6) is -2.71. The number of esters is 1. The highest BCUT2D eigenvalue weighted by Gasteiger charge is 2.34. The molecule has 0 spiro atoms. The van der Waals surface area contributed by atoms with Gasteiger partial charge < -0.3 is 9.84 Å². The second-order valence-corrected chi connectivity index (χ2v) is 9.31. The summed E-state index contributed by atoms with van der Waals surface area (Å²) < 4.78 is 35.9. The van der Waals surface area contributed by atoms with Crippen LogP contribution in [0.1, 0.15) is 103 Å². The molecule has 0 aliphatic heterocycles. The summed E-state index contributed by atoms with van der Waals surface area (Å²) in [6.07, 6.45) is 19.6. The summed E-state index contributed by atoms with van der Waals surface area (Å²) in [6.45, 7) is 2.25. The fourth-order valence-corrected chi connectivity index (χ4v) is 3.75. The zero-order valence-electron chi connectivity index (χ0n) is 18.4. The monoisotopic (exact) mass is 448 g/mol. The van der Waals surface area contributed by atoms with Gasteiger partial charge in [0, 0.05) is 0 Å². The van der Waals surface area contributed by atoms with Crippen molar-refractivity contribution >= 4 is 22.1 Å². The van der Waals surface area contributed by atoms with Crippen molar-refractivity contribution in [3.63, 3.8) is 0 Å². The van der Waals surface area contributed by atoms with Crippen molar-refractivity contribution in [2.75, 3.05) is 6.61 Å². The van der Waals surface area contributed by atoms with Gasteiger partial charge in [-0.1, -0.05) is 76.9 Å². The lowest BCUT2D eigenvalue weighted by molar-refractivity contribution is -0.147. The van der Waals surface area contributed by atoms with E-state index in [2.05, 4.69) is 19.1 Å². The Morgan fingerprint density at radius 2 is 1.30 bits per heavy atom.